The molecule has 5 heteroatoms. The van der Waals surface area contributed by atoms with E-state index in [0.29, 0.717) is 5.15 Å². The van der Waals surface area contributed by atoms with Gasteiger partial charge in [0.1, 0.15) is 4.60 Å². The highest BCUT2D eigenvalue weighted by Crippen LogP contribution is 2.18. The molecule has 0 atom stereocenters. The van der Waals surface area contributed by atoms with Crippen molar-refractivity contribution in [3.05, 3.63) is 9.76 Å². The van der Waals surface area contributed by atoms with Gasteiger partial charge in [-0.25, -0.2) is 4.68 Å². The second-order valence-electron chi connectivity index (χ2n) is 2.25. The topological polar surface area (TPSA) is 30.7 Å². The van der Waals surface area contributed by atoms with Gasteiger partial charge in [-0.15, -0.1) is 5.10 Å². The lowest BCUT2D eigenvalue weighted by Gasteiger charge is -1.98. The van der Waals surface area contributed by atoms with Crippen molar-refractivity contribution in [2.24, 2.45) is 0 Å². The summed E-state index contributed by atoms with van der Waals surface area (Å²) in [6, 6.07) is 0. The second kappa shape index (κ2) is 4.07. The molecule has 0 spiro atoms. The van der Waals surface area contributed by atoms with Crippen LogP contribution in [0.15, 0.2) is 4.60 Å². The Bertz CT molecular complexity index is 236. The number of aromatic nitrogens is 3. The molecule has 1 heterocycles. The number of nitrogens with zero attached hydrogens (tertiary/aromatic N) is 3. The highest BCUT2D eigenvalue weighted by atomic mass is 79.9. The molecule has 1 aromatic rings. The van der Waals surface area contributed by atoms with E-state index in [1.807, 2.05) is 0 Å². The Labute approximate surface area is 78.9 Å². The first kappa shape index (κ1) is 9.00. The van der Waals surface area contributed by atoms with Gasteiger partial charge in [-0.05, 0) is 22.4 Å². The van der Waals surface area contributed by atoms with Crippen molar-refractivity contribution in [3.8, 4) is 0 Å². The zero-order chi connectivity index (χ0) is 8.27. The summed E-state index contributed by atoms with van der Waals surface area (Å²) >= 11 is 8.95. The summed E-state index contributed by atoms with van der Waals surface area (Å²) in [6.07, 6.45) is 2.24. The van der Waals surface area contributed by atoms with Gasteiger partial charge in [0.15, 0.2) is 5.15 Å². The van der Waals surface area contributed by atoms with Gasteiger partial charge in [0.25, 0.3) is 0 Å². The number of hydrogen-bond acceptors (Lipinski definition) is 2. The SMILES string of the molecule is CCCCn1nnc(Cl)c1Br. The van der Waals surface area contributed by atoms with Crippen LogP contribution in [0.4, 0.5) is 0 Å². The minimum atomic E-state index is 0.432. The fraction of sp³-hybridized carbons (Fsp3) is 0.667. The molecule has 0 aromatic carbocycles. The predicted octanol–water partition coefficient (Wildman–Crippen LogP) is 2.49. The first-order valence-electron chi connectivity index (χ1n) is 3.50. The average molecular weight is 239 g/mol. The molecule has 0 bridgehead atoms. The summed E-state index contributed by atoms with van der Waals surface area (Å²) in [5, 5.41) is 7.97. The molecule has 0 aliphatic rings. The van der Waals surface area contributed by atoms with Crippen molar-refractivity contribution in [2.45, 2.75) is 26.3 Å². The van der Waals surface area contributed by atoms with E-state index in [4.69, 9.17) is 11.6 Å². The lowest BCUT2D eigenvalue weighted by molar-refractivity contribution is 0.544. The Morgan fingerprint density at radius 2 is 2.36 bits per heavy atom. The van der Waals surface area contributed by atoms with Gasteiger partial charge in [0.05, 0.1) is 0 Å². The van der Waals surface area contributed by atoms with Gasteiger partial charge in [0.2, 0.25) is 0 Å². The number of hydrogen-bond donors (Lipinski definition) is 0. The zero-order valence-electron chi connectivity index (χ0n) is 6.22. The fourth-order valence-corrected chi connectivity index (χ4v) is 1.19. The van der Waals surface area contributed by atoms with Crippen molar-refractivity contribution in [3.63, 3.8) is 0 Å². The standard InChI is InChI=1S/C6H9BrClN3/c1-2-3-4-11-5(7)6(8)9-10-11/h2-4H2,1H3. The summed E-state index contributed by atoms with van der Waals surface area (Å²) in [5.74, 6) is 0. The van der Waals surface area contributed by atoms with E-state index < -0.39 is 0 Å². The molecule has 0 aliphatic heterocycles. The lowest BCUT2D eigenvalue weighted by atomic mass is 10.3. The predicted molar refractivity (Wildman–Crippen MR) is 47.6 cm³/mol. The summed E-state index contributed by atoms with van der Waals surface area (Å²) < 4.78 is 2.53. The van der Waals surface area contributed by atoms with Gasteiger partial charge in [-0.1, -0.05) is 30.2 Å². The van der Waals surface area contributed by atoms with E-state index in [1.54, 1.807) is 4.68 Å². The fourth-order valence-electron chi connectivity index (χ4n) is 0.731. The number of aryl methyl sites for hydroxylation is 1. The molecule has 0 N–H and O–H groups in total. The average Bonchev–Trinajstić information content (AvgIpc) is 2.31. The van der Waals surface area contributed by atoms with Crippen LogP contribution in [0.1, 0.15) is 19.8 Å². The van der Waals surface area contributed by atoms with Gasteiger partial charge >= 0.3 is 0 Å². The smallest absolute Gasteiger partial charge is 0.185 e. The van der Waals surface area contributed by atoms with Crippen molar-refractivity contribution in [1.29, 1.82) is 0 Å². The van der Waals surface area contributed by atoms with Crippen molar-refractivity contribution in [2.75, 3.05) is 0 Å². The summed E-state index contributed by atoms with van der Waals surface area (Å²) in [6.45, 7) is 3.00. The lowest BCUT2D eigenvalue weighted by Crippen LogP contribution is -1.99. The maximum atomic E-state index is 5.67. The van der Waals surface area contributed by atoms with Crippen LogP contribution >= 0.6 is 27.5 Å². The third-order valence-electron chi connectivity index (χ3n) is 1.36. The zero-order valence-corrected chi connectivity index (χ0v) is 8.56. The molecule has 11 heavy (non-hydrogen) atoms. The molecular weight excluding hydrogens is 229 g/mol. The molecule has 1 aromatic heterocycles. The Balaban J connectivity index is 2.63. The minimum Gasteiger partial charge on any atom is -0.237 e. The first-order chi connectivity index (χ1) is 5.25. The normalized spacial score (nSPS) is 10.5. The van der Waals surface area contributed by atoms with E-state index in [1.165, 1.54) is 0 Å². The second-order valence-corrected chi connectivity index (χ2v) is 3.36. The van der Waals surface area contributed by atoms with E-state index in [-0.39, 0.29) is 0 Å². The van der Waals surface area contributed by atoms with Gasteiger partial charge in [-0.2, -0.15) is 0 Å². The molecule has 62 valence electrons. The Kier molecular flexibility index (Phi) is 3.33. The number of rotatable bonds is 3. The number of halogens is 2. The molecule has 0 amide bonds. The van der Waals surface area contributed by atoms with Crippen LogP contribution in [-0.4, -0.2) is 15.0 Å². The molecular formula is C6H9BrClN3. The monoisotopic (exact) mass is 237 g/mol. The van der Waals surface area contributed by atoms with E-state index in [9.17, 15) is 0 Å². The Morgan fingerprint density at radius 3 is 2.82 bits per heavy atom. The largest absolute Gasteiger partial charge is 0.237 e. The van der Waals surface area contributed by atoms with E-state index in [0.717, 1.165) is 24.0 Å². The molecule has 0 saturated heterocycles. The van der Waals surface area contributed by atoms with Crippen molar-refractivity contribution < 1.29 is 0 Å². The van der Waals surface area contributed by atoms with Gasteiger partial charge < -0.3 is 0 Å². The summed E-state index contributed by atoms with van der Waals surface area (Å²) in [4.78, 5) is 0. The highest BCUT2D eigenvalue weighted by molar-refractivity contribution is 9.10. The molecule has 0 unspecified atom stereocenters. The third kappa shape index (κ3) is 2.17. The summed E-state index contributed by atoms with van der Waals surface area (Å²) in [5.41, 5.74) is 0. The Hall–Kier alpha value is -0.0900. The van der Waals surface area contributed by atoms with Crippen LogP contribution in [0.3, 0.4) is 0 Å². The molecule has 0 saturated carbocycles. The van der Waals surface area contributed by atoms with Crippen molar-refractivity contribution in [1.82, 2.24) is 15.0 Å². The van der Waals surface area contributed by atoms with Gasteiger partial charge in [0, 0.05) is 6.54 Å². The van der Waals surface area contributed by atoms with E-state index in [2.05, 4.69) is 33.2 Å². The molecule has 3 nitrogen and oxygen atoms in total. The Morgan fingerprint density at radius 1 is 1.64 bits per heavy atom. The first-order valence-corrected chi connectivity index (χ1v) is 4.67. The number of unbranched alkanes of at least 4 members (excludes halogenated alkanes) is 1. The van der Waals surface area contributed by atoms with Crippen LogP contribution in [0, 0.1) is 0 Å². The maximum Gasteiger partial charge on any atom is 0.185 e. The van der Waals surface area contributed by atoms with Crippen molar-refractivity contribution >= 4 is 27.5 Å². The van der Waals surface area contributed by atoms with Crippen LogP contribution in [0.25, 0.3) is 0 Å². The van der Waals surface area contributed by atoms with Gasteiger partial charge in [-0.3, -0.25) is 0 Å². The van der Waals surface area contributed by atoms with Crippen LogP contribution in [0.5, 0.6) is 0 Å². The van der Waals surface area contributed by atoms with Crippen LogP contribution < -0.4 is 0 Å². The highest BCUT2D eigenvalue weighted by Gasteiger charge is 2.05. The third-order valence-corrected chi connectivity index (χ3v) is 2.63. The van der Waals surface area contributed by atoms with E-state index >= 15 is 0 Å². The molecule has 0 radical (unpaired) electrons. The van der Waals surface area contributed by atoms with Crippen LogP contribution in [-0.2, 0) is 6.54 Å². The van der Waals surface area contributed by atoms with Crippen LogP contribution in [0.2, 0.25) is 5.15 Å². The molecule has 0 aliphatic carbocycles. The quantitative estimate of drug-likeness (QED) is 0.810. The minimum absolute atomic E-state index is 0.432. The molecule has 1 rings (SSSR count). The summed E-state index contributed by atoms with van der Waals surface area (Å²) in [7, 11) is 0. The molecule has 0 fully saturated rings. The maximum absolute atomic E-state index is 5.67.